The van der Waals surface area contributed by atoms with Crippen molar-refractivity contribution in [2.75, 3.05) is 5.32 Å². The van der Waals surface area contributed by atoms with Gasteiger partial charge in [-0.15, -0.1) is 0 Å². The van der Waals surface area contributed by atoms with Gasteiger partial charge in [0.15, 0.2) is 0 Å². The number of nitrogens with one attached hydrogen (secondary N) is 1. The summed E-state index contributed by atoms with van der Waals surface area (Å²) in [4.78, 5) is 0. The summed E-state index contributed by atoms with van der Waals surface area (Å²) in [5.41, 5.74) is 2.39. The van der Waals surface area contributed by atoms with Gasteiger partial charge in [0, 0.05) is 11.7 Å². The van der Waals surface area contributed by atoms with Crippen LogP contribution in [0.1, 0.15) is 25.8 Å². The Labute approximate surface area is 87.1 Å². The van der Waals surface area contributed by atoms with Crippen LogP contribution < -0.4 is 5.32 Å². The summed E-state index contributed by atoms with van der Waals surface area (Å²) in [7, 11) is 1.71. The highest BCUT2D eigenvalue weighted by atomic mass is 16.4. The van der Waals surface area contributed by atoms with E-state index in [2.05, 4.69) is 43.4 Å². The van der Waals surface area contributed by atoms with Crippen molar-refractivity contribution in [3.8, 4) is 0 Å². The lowest BCUT2D eigenvalue weighted by Crippen LogP contribution is -2.13. The summed E-state index contributed by atoms with van der Waals surface area (Å²) in [6, 6.07) is 8.91. The molecule has 2 nitrogen and oxygen atoms in total. The maximum Gasteiger partial charge on any atom is 0.257 e. The van der Waals surface area contributed by atoms with Crippen molar-refractivity contribution < 1.29 is 4.65 Å². The van der Waals surface area contributed by atoms with Crippen LogP contribution in [0.2, 0.25) is 0 Å². The van der Waals surface area contributed by atoms with Gasteiger partial charge >= 0.3 is 0 Å². The molecule has 0 aromatic heterocycles. The minimum atomic E-state index is 0.531. The zero-order valence-electron chi connectivity index (χ0n) is 9.21. The van der Waals surface area contributed by atoms with E-state index in [0.29, 0.717) is 12.6 Å². The zero-order valence-corrected chi connectivity index (χ0v) is 9.21. The van der Waals surface area contributed by atoms with Crippen molar-refractivity contribution in [1.29, 1.82) is 0 Å². The Bertz CT molecular complexity index is 260. The Hall–Kier alpha value is -0.955. The number of hydrogen-bond donors (Lipinski definition) is 1. The summed E-state index contributed by atoms with van der Waals surface area (Å²) in [6.07, 6.45) is 1.14. The number of anilines is 1. The predicted octanol–water partition coefficient (Wildman–Crippen LogP) is 1.96. The van der Waals surface area contributed by atoms with Crippen LogP contribution in [0.15, 0.2) is 24.3 Å². The third-order valence-corrected chi connectivity index (χ3v) is 2.29. The fourth-order valence-electron chi connectivity index (χ4n) is 1.25. The Balaban J connectivity index is 2.54. The maximum atomic E-state index is 5.05. The topological polar surface area (TPSA) is 21.3 Å². The van der Waals surface area contributed by atoms with E-state index in [1.807, 2.05) is 0 Å². The third-order valence-electron chi connectivity index (χ3n) is 2.29. The lowest BCUT2D eigenvalue weighted by Gasteiger charge is -2.13. The highest BCUT2D eigenvalue weighted by molar-refractivity contribution is 5.97. The Morgan fingerprint density at radius 3 is 2.50 bits per heavy atom. The van der Waals surface area contributed by atoms with Crippen molar-refractivity contribution >= 4 is 13.7 Å². The van der Waals surface area contributed by atoms with Crippen LogP contribution in [-0.4, -0.2) is 14.1 Å². The molecule has 0 heterocycles. The van der Waals surface area contributed by atoms with E-state index in [4.69, 9.17) is 4.65 Å². The molecule has 0 aliphatic carbocycles. The molecule has 0 fully saturated rings. The summed E-state index contributed by atoms with van der Waals surface area (Å²) < 4.78 is 5.05. The summed E-state index contributed by atoms with van der Waals surface area (Å²) in [5.74, 6) is 0. The molecule has 0 radical (unpaired) electrons. The normalized spacial score (nSPS) is 12.4. The molecule has 0 saturated heterocycles. The standard InChI is InChI=1S/C11H18BNO/c1-3-9(2)13-11-6-4-10(5-7-11)8-14-12/h4-7,9,13H,3,8,12H2,1-2H3. The van der Waals surface area contributed by atoms with E-state index >= 15 is 0 Å². The van der Waals surface area contributed by atoms with Crippen molar-refractivity contribution in [1.82, 2.24) is 0 Å². The first-order chi connectivity index (χ1) is 6.76. The lowest BCUT2D eigenvalue weighted by atomic mass is 10.2. The first-order valence-electron chi connectivity index (χ1n) is 5.10. The predicted molar refractivity (Wildman–Crippen MR) is 63.2 cm³/mol. The molecule has 76 valence electrons. The Morgan fingerprint density at radius 2 is 2.00 bits per heavy atom. The molecule has 0 saturated carbocycles. The van der Waals surface area contributed by atoms with Crippen LogP contribution in [0.3, 0.4) is 0 Å². The van der Waals surface area contributed by atoms with Crippen molar-refractivity contribution in [2.45, 2.75) is 32.9 Å². The van der Waals surface area contributed by atoms with Crippen molar-refractivity contribution in [3.63, 3.8) is 0 Å². The van der Waals surface area contributed by atoms with Gasteiger partial charge in [0.1, 0.15) is 0 Å². The third kappa shape index (κ3) is 3.42. The smallest absolute Gasteiger partial charge is 0.257 e. The molecule has 3 heteroatoms. The second-order valence-electron chi connectivity index (χ2n) is 3.58. The van der Waals surface area contributed by atoms with Gasteiger partial charge in [-0.1, -0.05) is 19.1 Å². The Morgan fingerprint density at radius 1 is 1.36 bits per heavy atom. The molecule has 0 aliphatic rings. The molecular formula is C11H18BNO. The maximum absolute atomic E-state index is 5.05. The summed E-state index contributed by atoms with van der Waals surface area (Å²) in [6.45, 7) is 5.05. The quantitative estimate of drug-likeness (QED) is 0.718. The largest absolute Gasteiger partial charge is 0.440 e. The summed E-state index contributed by atoms with van der Waals surface area (Å²) in [5, 5.41) is 3.42. The molecule has 1 atom stereocenters. The van der Waals surface area contributed by atoms with Gasteiger partial charge in [0.05, 0.1) is 6.61 Å². The van der Waals surface area contributed by atoms with Crippen molar-refractivity contribution in [2.24, 2.45) is 0 Å². The molecule has 0 bridgehead atoms. The minimum absolute atomic E-state index is 0.531. The average Bonchev–Trinajstić information content (AvgIpc) is 2.21. The van der Waals surface area contributed by atoms with E-state index in [1.54, 1.807) is 8.05 Å². The lowest BCUT2D eigenvalue weighted by molar-refractivity contribution is 0.338. The average molecular weight is 191 g/mol. The second-order valence-corrected chi connectivity index (χ2v) is 3.58. The van der Waals surface area contributed by atoms with Crippen LogP contribution in [0, 0.1) is 0 Å². The van der Waals surface area contributed by atoms with Crippen LogP contribution in [-0.2, 0) is 11.3 Å². The van der Waals surface area contributed by atoms with E-state index < -0.39 is 0 Å². The molecule has 1 N–H and O–H groups in total. The van der Waals surface area contributed by atoms with Gasteiger partial charge in [-0.25, -0.2) is 0 Å². The van der Waals surface area contributed by atoms with E-state index in [-0.39, 0.29) is 0 Å². The van der Waals surface area contributed by atoms with Gasteiger partial charge in [0.25, 0.3) is 8.05 Å². The molecule has 0 amide bonds. The molecular weight excluding hydrogens is 173 g/mol. The highest BCUT2D eigenvalue weighted by Gasteiger charge is 1.98. The van der Waals surface area contributed by atoms with Crippen LogP contribution in [0.4, 0.5) is 5.69 Å². The first-order valence-corrected chi connectivity index (χ1v) is 5.10. The van der Waals surface area contributed by atoms with Crippen LogP contribution >= 0.6 is 0 Å². The fourth-order valence-corrected chi connectivity index (χ4v) is 1.25. The van der Waals surface area contributed by atoms with Crippen LogP contribution in [0.25, 0.3) is 0 Å². The monoisotopic (exact) mass is 191 g/mol. The van der Waals surface area contributed by atoms with Crippen LogP contribution in [0.5, 0.6) is 0 Å². The number of rotatable bonds is 5. The second kappa shape index (κ2) is 5.71. The molecule has 14 heavy (non-hydrogen) atoms. The van der Waals surface area contributed by atoms with Gasteiger partial charge < -0.3 is 9.97 Å². The number of benzene rings is 1. The molecule has 0 aliphatic heterocycles. The minimum Gasteiger partial charge on any atom is -0.440 e. The molecule has 1 unspecified atom stereocenters. The van der Waals surface area contributed by atoms with Gasteiger partial charge in [-0.3, -0.25) is 0 Å². The Kier molecular flexibility index (Phi) is 4.53. The molecule has 1 aromatic rings. The van der Waals surface area contributed by atoms with E-state index in [1.165, 1.54) is 11.3 Å². The van der Waals surface area contributed by atoms with Crippen molar-refractivity contribution in [3.05, 3.63) is 29.8 Å². The number of hydrogen-bond acceptors (Lipinski definition) is 2. The van der Waals surface area contributed by atoms with Gasteiger partial charge in [-0.05, 0) is 31.0 Å². The van der Waals surface area contributed by atoms with Gasteiger partial charge in [0.2, 0.25) is 0 Å². The SMILES string of the molecule is BOCc1ccc(NC(C)CC)cc1. The summed E-state index contributed by atoms with van der Waals surface area (Å²) >= 11 is 0. The van der Waals surface area contributed by atoms with E-state index in [9.17, 15) is 0 Å². The molecule has 1 rings (SSSR count). The van der Waals surface area contributed by atoms with Gasteiger partial charge in [-0.2, -0.15) is 0 Å². The highest BCUT2D eigenvalue weighted by Crippen LogP contribution is 2.11. The molecule has 0 spiro atoms. The molecule has 1 aromatic carbocycles. The van der Waals surface area contributed by atoms with E-state index in [0.717, 1.165) is 6.42 Å². The first kappa shape index (κ1) is 11.1. The zero-order chi connectivity index (χ0) is 10.4. The fraction of sp³-hybridized carbons (Fsp3) is 0.455.